The van der Waals surface area contributed by atoms with Crippen LogP contribution in [0.1, 0.15) is 35.6 Å². The molecule has 3 N–H and O–H groups in total. The van der Waals surface area contributed by atoms with Crippen molar-refractivity contribution in [3.05, 3.63) is 111 Å². The van der Waals surface area contributed by atoms with E-state index in [1.807, 2.05) is 18.2 Å². The average Bonchev–Trinajstić information content (AvgIpc) is 3.30. The highest BCUT2D eigenvalue weighted by atomic mass is 35.5. The molecular formula is C29H28Cl3N3O4. The van der Waals surface area contributed by atoms with Crippen molar-refractivity contribution in [2.45, 2.75) is 31.0 Å². The monoisotopic (exact) mass is 587 g/mol. The Morgan fingerprint density at radius 1 is 1.10 bits per heavy atom. The zero-order chi connectivity index (χ0) is 27.8. The number of aliphatic hydroxyl groups excluding tert-OH is 1. The first-order chi connectivity index (χ1) is 18.9. The highest BCUT2D eigenvalue weighted by Gasteiger charge is 2.53. The second kappa shape index (κ2) is 13.3. The van der Waals surface area contributed by atoms with Crippen LogP contribution in [0.3, 0.4) is 0 Å². The molecule has 39 heavy (non-hydrogen) atoms. The number of hydrogen-bond acceptors (Lipinski definition) is 6. The average molecular weight is 589 g/mol. The summed E-state index contributed by atoms with van der Waals surface area (Å²) in [7, 11) is 0. The van der Waals surface area contributed by atoms with E-state index in [4.69, 9.17) is 54.4 Å². The zero-order valence-corrected chi connectivity index (χ0v) is 23.3. The van der Waals surface area contributed by atoms with Crippen molar-refractivity contribution in [2.75, 3.05) is 13.2 Å². The third-order valence-corrected chi connectivity index (χ3v) is 6.91. The lowest BCUT2D eigenvalue weighted by Crippen LogP contribution is -2.52. The van der Waals surface area contributed by atoms with Crippen LogP contribution in [0.4, 0.5) is 0 Å². The minimum atomic E-state index is -1.41. The summed E-state index contributed by atoms with van der Waals surface area (Å²) in [6, 6.07) is 19.5. The van der Waals surface area contributed by atoms with E-state index < -0.39 is 17.6 Å². The lowest BCUT2D eigenvalue weighted by Gasteiger charge is -2.30. The molecule has 1 aliphatic rings. The number of carbonyl (C=O) groups excluding carboxylic acids is 1. The molecule has 0 radical (unpaired) electrons. The summed E-state index contributed by atoms with van der Waals surface area (Å²) in [5, 5.41) is 10.4. The summed E-state index contributed by atoms with van der Waals surface area (Å²) >= 11 is 18.8. The Hall–Kier alpha value is -3.07. The molecule has 7 nitrogen and oxygen atoms in total. The maximum atomic E-state index is 13.8. The van der Waals surface area contributed by atoms with Crippen LogP contribution >= 0.6 is 34.8 Å². The van der Waals surface area contributed by atoms with Crippen molar-refractivity contribution < 1.29 is 19.4 Å². The fourth-order valence-electron chi connectivity index (χ4n) is 4.21. The number of carbonyl (C=O) groups is 1. The highest BCUT2D eigenvalue weighted by Crippen LogP contribution is 2.45. The van der Waals surface area contributed by atoms with E-state index in [1.54, 1.807) is 54.6 Å². The van der Waals surface area contributed by atoms with Crippen molar-refractivity contribution >= 4 is 46.6 Å². The van der Waals surface area contributed by atoms with Crippen LogP contribution in [-0.4, -0.2) is 35.7 Å². The van der Waals surface area contributed by atoms with E-state index in [-0.39, 0.29) is 18.9 Å². The maximum Gasteiger partial charge on any atom is 0.266 e. The van der Waals surface area contributed by atoms with Gasteiger partial charge in [-0.2, -0.15) is 0 Å². The maximum absolute atomic E-state index is 13.8. The predicted molar refractivity (Wildman–Crippen MR) is 154 cm³/mol. The van der Waals surface area contributed by atoms with Gasteiger partial charge in [0, 0.05) is 52.2 Å². The number of hydrogen-bond donors (Lipinski definition) is 3. The molecule has 204 valence electrons. The van der Waals surface area contributed by atoms with E-state index >= 15 is 0 Å². The third kappa shape index (κ3) is 6.93. The molecule has 1 amide bonds. The molecule has 0 fully saturated rings. The van der Waals surface area contributed by atoms with Crippen molar-refractivity contribution in [3.8, 4) is 5.75 Å². The molecule has 4 rings (SSSR count). The Morgan fingerprint density at radius 3 is 2.56 bits per heavy atom. The molecule has 0 bridgehead atoms. The van der Waals surface area contributed by atoms with Gasteiger partial charge >= 0.3 is 0 Å². The van der Waals surface area contributed by atoms with Crippen LogP contribution in [-0.2, 0) is 16.1 Å². The third-order valence-electron chi connectivity index (χ3n) is 6.11. The van der Waals surface area contributed by atoms with Gasteiger partial charge in [0.1, 0.15) is 5.75 Å². The van der Waals surface area contributed by atoms with E-state index in [0.29, 0.717) is 51.5 Å². The number of aliphatic imine (C=N–C) groups is 1. The fourth-order valence-corrected chi connectivity index (χ4v) is 4.93. The van der Waals surface area contributed by atoms with Gasteiger partial charge in [0.25, 0.3) is 5.91 Å². The van der Waals surface area contributed by atoms with Gasteiger partial charge in [-0.3, -0.25) is 10.2 Å². The molecule has 0 saturated heterocycles. The van der Waals surface area contributed by atoms with Crippen LogP contribution in [0, 0.1) is 0 Å². The molecule has 0 spiro atoms. The Morgan fingerprint density at radius 2 is 1.87 bits per heavy atom. The largest absolute Gasteiger partial charge is 0.494 e. The lowest BCUT2D eigenvalue weighted by molar-refractivity contribution is -0.129. The van der Waals surface area contributed by atoms with E-state index in [2.05, 4.69) is 17.4 Å². The van der Waals surface area contributed by atoms with Gasteiger partial charge in [-0.25, -0.2) is 10.4 Å². The van der Waals surface area contributed by atoms with Gasteiger partial charge in [0.05, 0.1) is 6.61 Å². The first kappa shape index (κ1) is 28.9. The van der Waals surface area contributed by atoms with Gasteiger partial charge in [0.2, 0.25) is 5.90 Å². The Balaban J connectivity index is 1.64. The predicted octanol–water partition coefficient (Wildman–Crippen LogP) is 6.06. The first-order valence-electron chi connectivity index (χ1n) is 12.3. The smallest absolute Gasteiger partial charge is 0.266 e. The van der Waals surface area contributed by atoms with Crippen molar-refractivity contribution in [1.29, 1.82) is 0 Å². The van der Waals surface area contributed by atoms with Gasteiger partial charge in [-0.15, -0.1) is 6.58 Å². The molecule has 3 aromatic carbocycles. The molecule has 0 saturated carbocycles. The summed E-state index contributed by atoms with van der Waals surface area (Å²) in [5.41, 5.74) is 6.45. The summed E-state index contributed by atoms with van der Waals surface area (Å²) < 4.78 is 12.0. The summed E-state index contributed by atoms with van der Waals surface area (Å²) in [6.07, 6.45) is 1.48. The topological polar surface area (TPSA) is 92.2 Å². The van der Waals surface area contributed by atoms with Crippen LogP contribution in [0.5, 0.6) is 5.75 Å². The van der Waals surface area contributed by atoms with Gasteiger partial charge in [-0.1, -0.05) is 59.1 Å². The Bertz CT molecular complexity index is 1350. The number of nitrogens with one attached hydrogen (secondary N) is 2. The molecule has 1 aliphatic heterocycles. The van der Waals surface area contributed by atoms with Crippen molar-refractivity contribution in [3.63, 3.8) is 0 Å². The molecule has 10 heteroatoms. The number of amides is 1. The summed E-state index contributed by atoms with van der Waals surface area (Å²) in [6.45, 7) is 4.67. The minimum Gasteiger partial charge on any atom is -0.494 e. The van der Waals surface area contributed by atoms with E-state index in [0.717, 1.165) is 5.56 Å². The minimum absolute atomic E-state index is 0.0543. The molecular weight excluding hydrogens is 561 g/mol. The molecule has 3 aromatic rings. The standard InChI is InChI=1S/C29H28Cl3N3O4/c1-2-13-29(28(37)35-33-18-19-5-3-6-21(30)16-19)26(24-12-9-22(31)17-25(24)32)39-27(34-29)20-7-10-23(11-8-20)38-15-4-14-36/h2-3,5-12,16-17,26,33,36H,1,4,13-15,18H2,(H,35,37)/t26-,29-/m0/s1. The SMILES string of the molecule is C=CC[C@]1(C(=O)NNCc2cccc(Cl)c2)N=C(c2ccc(OCCCO)cc2)O[C@H]1c1ccc(Cl)cc1Cl. The lowest BCUT2D eigenvalue weighted by atomic mass is 9.84. The molecule has 1 heterocycles. The molecule has 0 aliphatic carbocycles. The first-order valence-corrected chi connectivity index (χ1v) is 13.4. The van der Waals surface area contributed by atoms with Gasteiger partial charge in [0.15, 0.2) is 11.6 Å². The normalized spacial score (nSPS) is 18.3. The van der Waals surface area contributed by atoms with Gasteiger partial charge in [-0.05, 0) is 54.1 Å². The number of ether oxygens (including phenoxy) is 2. The van der Waals surface area contributed by atoms with Crippen LogP contribution < -0.4 is 15.6 Å². The number of hydrazine groups is 1. The van der Waals surface area contributed by atoms with Crippen LogP contribution in [0.15, 0.2) is 84.4 Å². The Kier molecular flexibility index (Phi) is 9.88. The van der Waals surface area contributed by atoms with E-state index in [1.165, 1.54) is 0 Å². The van der Waals surface area contributed by atoms with Gasteiger partial charge < -0.3 is 14.6 Å². The number of aliphatic hydroxyl groups is 1. The number of benzene rings is 3. The fraction of sp³-hybridized carbons (Fsp3) is 0.241. The Labute approximate surface area is 242 Å². The molecule has 0 aromatic heterocycles. The number of nitrogens with zero attached hydrogens (tertiary/aromatic N) is 1. The van der Waals surface area contributed by atoms with Crippen molar-refractivity contribution in [1.82, 2.24) is 10.9 Å². The second-order valence-corrected chi connectivity index (χ2v) is 10.2. The zero-order valence-electron chi connectivity index (χ0n) is 21.0. The van der Waals surface area contributed by atoms with Crippen molar-refractivity contribution in [2.24, 2.45) is 4.99 Å². The second-order valence-electron chi connectivity index (χ2n) is 8.89. The summed E-state index contributed by atoms with van der Waals surface area (Å²) in [4.78, 5) is 18.6. The quantitative estimate of drug-likeness (QED) is 0.136. The summed E-state index contributed by atoms with van der Waals surface area (Å²) in [5.74, 6) is 0.502. The van der Waals surface area contributed by atoms with Crippen LogP contribution in [0.25, 0.3) is 0 Å². The molecule has 0 unspecified atom stereocenters. The highest BCUT2D eigenvalue weighted by molar-refractivity contribution is 6.35. The van der Waals surface area contributed by atoms with E-state index in [9.17, 15) is 4.79 Å². The van der Waals surface area contributed by atoms with Crippen LogP contribution in [0.2, 0.25) is 15.1 Å². The number of rotatable bonds is 12. The molecule has 2 atom stereocenters. The number of halogens is 3.